The third kappa shape index (κ3) is 12.7. The zero-order valence-corrected chi connectivity index (χ0v) is 15.6. The molecule has 0 aliphatic carbocycles. The van der Waals surface area contributed by atoms with Gasteiger partial charge in [0.1, 0.15) is 9.84 Å². The summed E-state index contributed by atoms with van der Waals surface area (Å²) < 4.78 is 22.0. The molecule has 0 fully saturated rings. The molecule has 0 unspecified atom stereocenters. The second-order valence-corrected chi connectivity index (χ2v) is 6.75. The Morgan fingerprint density at radius 2 is 1.89 bits per heavy atom. The molecule has 0 aromatic rings. The zero-order valence-electron chi connectivity index (χ0n) is 12.5. The van der Waals surface area contributed by atoms with E-state index in [2.05, 4.69) is 22.1 Å². The molecule has 0 heterocycles. The minimum Gasteiger partial charge on any atom is -0.357 e. The SMILES string of the molecule is CCCCN(C)C(=NCCCS(C)(=O)=O)NCC.I. The van der Waals surface area contributed by atoms with Gasteiger partial charge in [-0.3, -0.25) is 4.99 Å². The first-order chi connectivity index (χ1) is 8.40. The van der Waals surface area contributed by atoms with Gasteiger partial charge in [0.15, 0.2) is 5.96 Å². The fraction of sp³-hybridized carbons (Fsp3) is 0.917. The van der Waals surface area contributed by atoms with Crippen molar-refractivity contribution in [2.24, 2.45) is 4.99 Å². The Labute approximate surface area is 135 Å². The summed E-state index contributed by atoms with van der Waals surface area (Å²) in [5, 5.41) is 3.22. The largest absolute Gasteiger partial charge is 0.357 e. The number of hydrogen-bond acceptors (Lipinski definition) is 3. The third-order valence-electron chi connectivity index (χ3n) is 2.48. The molecule has 0 amide bonds. The number of rotatable bonds is 8. The average molecular weight is 405 g/mol. The highest BCUT2D eigenvalue weighted by atomic mass is 127. The second-order valence-electron chi connectivity index (χ2n) is 4.49. The Morgan fingerprint density at radius 3 is 2.37 bits per heavy atom. The van der Waals surface area contributed by atoms with E-state index >= 15 is 0 Å². The van der Waals surface area contributed by atoms with Gasteiger partial charge >= 0.3 is 0 Å². The maximum Gasteiger partial charge on any atom is 0.193 e. The van der Waals surface area contributed by atoms with Crippen molar-refractivity contribution in [2.75, 3.05) is 38.7 Å². The summed E-state index contributed by atoms with van der Waals surface area (Å²) in [6.45, 7) is 6.52. The number of unbranched alkanes of at least 4 members (excludes halogenated alkanes) is 1. The monoisotopic (exact) mass is 405 g/mol. The standard InChI is InChI=1S/C12H27N3O2S.HI/c1-5-7-10-15(3)12(13-6-2)14-9-8-11-18(4,16)17;/h5-11H2,1-4H3,(H,13,14);1H. The molecule has 0 aliphatic rings. The van der Waals surface area contributed by atoms with E-state index in [1.165, 1.54) is 6.26 Å². The van der Waals surface area contributed by atoms with Gasteiger partial charge in [-0.25, -0.2) is 8.42 Å². The molecule has 1 N–H and O–H groups in total. The average Bonchev–Trinajstić information content (AvgIpc) is 2.28. The predicted octanol–water partition coefficient (Wildman–Crippen LogP) is 1.74. The summed E-state index contributed by atoms with van der Waals surface area (Å²) in [6.07, 6.45) is 4.12. The van der Waals surface area contributed by atoms with E-state index in [4.69, 9.17) is 0 Å². The second kappa shape index (κ2) is 11.7. The first-order valence-electron chi connectivity index (χ1n) is 6.57. The molecule has 5 nitrogen and oxygen atoms in total. The highest BCUT2D eigenvalue weighted by Gasteiger charge is 2.05. The van der Waals surface area contributed by atoms with Gasteiger partial charge in [-0.15, -0.1) is 24.0 Å². The first-order valence-corrected chi connectivity index (χ1v) is 8.64. The minimum absolute atomic E-state index is 0. The van der Waals surface area contributed by atoms with Gasteiger partial charge in [-0.05, 0) is 19.8 Å². The number of guanidine groups is 1. The maximum atomic E-state index is 11.0. The van der Waals surface area contributed by atoms with Crippen LogP contribution in [-0.4, -0.2) is 58.0 Å². The van der Waals surface area contributed by atoms with Crippen molar-refractivity contribution >= 4 is 39.8 Å². The molecular weight excluding hydrogens is 377 g/mol. The molecule has 0 saturated heterocycles. The van der Waals surface area contributed by atoms with Crippen LogP contribution >= 0.6 is 24.0 Å². The lowest BCUT2D eigenvalue weighted by molar-refractivity contribution is 0.465. The summed E-state index contributed by atoms with van der Waals surface area (Å²) in [7, 11) is -0.864. The Kier molecular flexibility index (Phi) is 13.1. The van der Waals surface area contributed by atoms with Gasteiger partial charge < -0.3 is 10.2 Å². The van der Waals surface area contributed by atoms with E-state index in [1.807, 2.05) is 14.0 Å². The minimum atomic E-state index is -2.87. The Hall–Kier alpha value is -0.0500. The molecule has 0 aromatic carbocycles. The van der Waals surface area contributed by atoms with Gasteiger partial charge in [0, 0.05) is 32.9 Å². The Morgan fingerprint density at radius 1 is 1.26 bits per heavy atom. The number of nitrogens with one attached hydrogen (secondary N) is 1. The van der Waals surface area contributed by atoms with Crippen LogP contribution in [0.1, 0.15) is 33.1 Å². The van der Waals surface area contributed by atoms with E-state index < -0.39 is 9.84 Å². The van der Waals surface area contributed by atoms with Crippen molar-refractivity contribution in [3.8, 4) is 0 Å². The molecule has 116 valence electrons. The smallest absolute Gasteiger partial charge is 0.193 e. The quantitative estimate of drug-likeness (QED) is 0.289. The van der Waals surface area contributed by atoms with Crippen LogP contribution in [0.4, 0.5) is 0 Å². The van der Waals surface area contributed by atoms with Gasteiger partial charge in [-0.2, -0.15) is 0 Å². The zero-order chi connectivity index (χ0) is 14.0. The Balaban J connectivity index is 0. The van der Waals surface area contributed by atoms with E-state index in [-0.39, 0.29) is 29.7 Å². The van der Waals surface area contributed by atoms with Crippen LogP contribution in [0.25, 0.3) is 0 Å². The lowest BCUT2D eigenvalue weighted by Crippen LogP contribution is -2.39. The normalized spacial score (nSPS) is 11.9. The van der Waals surface area contributed by atoms with Crippen molar-refractivity contribution in [1.29, 1.82) is 0 Å². The van der Waals surface area contributed by atoms with Crippen LogP contribution in [0.5, 0.6) is 0 Å². The van der Waals surface area contributed by atoms with E-state index in [9.17, 15) is 8.42 Å². The van der Waals surface area contributed by atoms with Crippen LogP contribution in [0.3, 0.4) is 0 Å². The van der Waals surface area contributed by atoms with E-state index in [1.54, 1.807) is 0 Å². The van der Waals surface area contributed by atoms with E-state index in [0.717, 1.165) is 31.9 Å². The predicted molar refractivity (Wildman–Crippen MR) is 93.3 cm³/mol. The molecule has 19 heavy (non-hydrogen) atoms. The van der Waals surface area contributed by atoms with Crippen molar-refractivity contribution in [3.63, 3.8) is 0 Å². The first kappa shape index (κ1) is 21.3. The van der Waals surface area contributed by atoms with Gasteiger partial charge in [0.2, 0.25) is 0 Å². The Bertz CT molecular complexity index is 345. The number of hydrogen-bond donors (Lipinski definition) is 1. The molecule has 0 spiro atoms. The molecule has 0 radical (unpaired) electrons. The molecule has 0 bridgehead atoms. The molecule has 0 aromatic heterocycles. The summed E-state index contributed by atoms with van der Waals surface area (Å²) in [6, 6.07) is 0. The van der Waals surface area contributed by atoms with Crippen LogP contribution in [0.2, 0.25) is 0 Å². The summed E-state index contributed by atoms with van der Waals surface area (Å²) in [4.78, 5) is 6.53. The lowest BCUT2D eigenvalue weighted by Gasteiger charge is -2.21. The summed E-state index contributed by atoms with van der Waals surface area (Å²) in [5.41, 5.74) is 0. The van der Waals surface area contributed by atoms with Crippen LogP contribution in [0, 0.1) is 0 Å². The summed E-state index contributed by atoms with van der Waals surface area (Å²) >= 11 is 0. The highest BCUT2D eigenvalue weighted by Crippen LogP contribution is 1.95. The topological polar surface area (TPSA) is 61.8 Å². The van der Waals surface area contributed by atoms with Crippen molar-refractivity contribution < 1.29 is 8.42 Å². The van der Waals surface area contributed by atoms with Gasteiger partial charge in [-0.1, -0.05) is 13.3 Å². The van der Waals surface area contributed by atoms with Crippen LogP contribution in [0.15, 0.2) is 4.99 Å². The molecule has 0 atom stereocenters. The van der Waals surface area contributed by atoms with Crippen molar-refractivity contribution in [2.45, 2.75) is 33.1 Å². The van der Waals surface area contributed by atoms with Gasteiger partial charge in [0.05, 0.1) is 5.75 Å². The molecule has 0 saturated carbocycles. The maximum absolute atomic E-state index is 11.0. The van der Waals surface area contributed by atoms with Crippen molar-refractivity contribution in [1.82, 2.24) is 10.2 Å². The lowest BCUT2D eigenvalue weighted by atomic mass is 10.3. The molecular formula is C12H28IN3O2S. The van der Waals surface area contributed by atoms with Gasteiger partial charge in [0.25, 0.3) is 0 Å². The summed E-state index contributed by atoms with van der Waals surface area (Å²) in [5.74, 6) is 1.06. The van der Waals surface area contributed by atoms with Crippen LogP contribution in [-0.2, 0) is 9.84 Å². The third-order valence-corrected chi connectivity index (χ3v) is 3.51. The molecule has 0 aliphatic heterocycles. The molecule has 7 heteroatoms. The number of aliphatic imine (C=N–C) groups is 1. The van der Waals surface area contributed by atoms with E-state index in [0.29, 0.717) is 13.0 Å². The number of sulfone groups is 1. The van der Waals surface area contributed by atoms with Crippen molar-refractivity contribution in [3.05, 3.63) is 0 Å². The van der Waals surface area contributed by atoms with Crippen LogP contribution < -0.4 is 5.32 Å². The molecule has 0 rings (SSSR count). The number of halogens is 1. The number of nitrogens with zero attached hydrogens (tertiary/aromatic N) is 2. The fourth-order valence-corrected chi connectivity index (χ4v) is 2.14. The highest BCUT2D eigenvalue weighted by molar-refractivity contribution is 14.0. The fourth-order valence-electron chi connectivity index (χ4n) is 1.48.